The highest BCUT2D eigenvalue weighted by Crippen LogP contribution is 2.26. The Morgan fingerprint density at radius 3 is 2.25 bits per heavy atom. The van der Waals surface area contributed by atoms with Crippen molar-refractivity contribution in [3.63, 3.8) is 0 Å². The highest BCUT2D eigenvalue weighted by Gasteiger charge is 2.17. The fourth-order valence-electron chi connectivity index (χ4n) is 3.22. The summed E-state index contributed by atoms with van der Waals surface area (Å²) in [4.78, 5) is 13.0. The summed E-state index contributed by atoms with van der Waals surface area (Å²) < 4.78 is 25.2. The van der Waals surface area contributed by atoms with Crippen molar-refractivity contribution >= 4 is 27.3 Å². The Morgan fingerprint density at radius 1 is 0.969 bits per heavy atom. The molecule has 0 saturated carbocycles. The molecule has 0 spiro atoms. The highest BCUT2D eigenvalue weighted by molar-refractivity contribution is 7.90. The van der Waals surface area contributed by atoms with Crippen LogP contribution in [0, 0.1) is 0 Å². The fraction of sp³-hybridized carbons (Fsp3) is 0.0833. The molecule has 6 nitrogen and oxygen atoms in total. The molecular formula is C24H20ClN3O3S. The van der Waals surface area contributed by atoms with Crippen LogP contribution in [0.1, 0.15) is 16.1 Å². The highest BCUT2D eigenvalue weighted by atomic mass is 35.5. The number of hydrogen-bond acceptors (Lipinski definition) is 4. The first-order chi connectivity index (χ1) is 15.3. The van der Waals surface area contributed by atoms with E-state index in [1.54, 1.807) is 35.0 Å². The molecule has 0 radical (unpaired) electrons. The van der Waals surface area contributed by atoms with Gasteiger partial charge in [-0.05, 0) is 48.0 Å². The van der Waals surface area contributed by atoms with Crippen molar-refractivity contribution in [2.45, 2.75) is 11.4 Å². The first-order valence-electron chi connectivity index (χ1n) is 9.80. The number of sulfone groups is 1. The molecule has 4 aromatic rings. The number of nitrogens with one attached hydrogen (secondary N) is 1. The van der Waals surface area contributed by atoms with Crippen LogP contribution in [0.2, 0.25) is 5.02 Å². The molecule has 0 aliphatic carbocycles. The van der Waals surface area contributed by atoms with E-state index < -0.39 is 9.84 Å². The van der Waals surface area contributed by atoms with Crippen LogP contribution in [0.5, 0.6) is 0 Å². The van der Waals surface area contributed by atoms with Crippen LogP contribution in [0.4, 0.5) is 0 Å². The van der Waals surface area contributed by atoms with Gasteiger partial charge in [-0.3, -0.25) is 4.79 Å². The van der Waals surface area contributed by atoms with Gasteiger partial charge in [0.15, 0.2) is 15.5 Å². The first kappa shape index (κ1) is 21.8. The summed E-state index contributed by atoms with van der Waals surface area (Å²) in [5.41, 5.74) is 3.35. The molecule has 4 rings (SSSR count). The fourth-order valence-corrected chi connectivity index (χ4v) is 3.97. The largest absolute Gasteiger partial charge is 0.347 e. The second kappa shape index (κ2) is 8.98. The van der Waals surface area contributed by atoms with Crippen molar-refractivity contribution in [2.75, 3.05) is 6.26 Å². The van der Waals surface area contributed by atoms with Gasteiger partial charge in [-0.1, -0.05) is 54.1 Å². The molecule has 1 heterocycles. The lowest BCUT2D eigenvalue weighted by Gasteiger charge is -2.08. The minimum atomic E-state index is -3.32. The number of hydrogen-bond donors (Lipinski definition) is 1. The SMILES string of the molecule is CS(=O)(=O)c1ccc(-n2nc(C(=O)NCc3ccccc3)cc2-c2ccc(Cl)cc2)cc1. The van der Waals surface area contributed by atoms with Gasteiger partial charge in [-0.2, -0.15) is 5.10 Å². The molecule has 1 amide bonds. The third-order valence-corrected chi connectivity index (χ3v) is 6.27. The molecule has 0 bridgehead atoms. The second-order valence-corrected chi connectivity index (χ2v) is 9.72. The van der Waals surface area contributed by atoms with Gasteiger partial charge in [0.25, 0.3) is 5.91 Å². The Hall–Kier alpha value is -3.42. The molecule has 1 aromatic heterocycles. The number of aromatic nitrogens is 2. The molecule has 0 fully saturated rings. The third-order valence-electron chi connectivity index (χ3n) is 4.89. The van der Waals surface area contributed by atoms with Gasteiger partial charge in [0.1, 0.15) is 0 Å². The van der Waals surface area contributed by atoms with Crippen molar-refractivity contribution in [1.82, 2.24) is 15.1 Å². The number of benzene rings is 3. The first-order valence-corrected chi connectivity index (χ1v) is 12.1. The topological polar surface area (TPSA) is 81.1 Å². The van der Waals surface area contributed by atoms with Crippen LogP contribution in [-0.4, -0.2) is 30.4 Å². The second-order valence-electron chi connectivity index (χ2n) is 7.27. The van der Waals surface area contributed by atoms with E-state index in [-0.39, 0.29) is 16.5 Å². The van der Waals surface area contributed by atoms with Crippen LogP contribution in [0.3, 0.4) is 0 Å². The summed E-state index contributed by atoms with van der Waals surface area (Å²) >= 11 is 6.03. The maximum atomic E-state index is 12.8. The van der Waals surface area contributed by atoms with Gasteiger partial charge in [0, 0.05) is 23.4 Å². The maximum absolute atomic E-state index is 12.8. The Bertz CT molecular complexity index is 1350. The van der Waals surface area contributed by atoms with E-state index in [0.29, 0.717) is 22.9 Å². The summed E-state index contributed by atoms with van der Waals surface area (Å²) in [5, 5.41) is 7.98. The average Bonchev–Trinajstić information content (AvgIpc) is 3.24. The molecule has 3 aromatic carbocycles. The zero-order valence-corrected chi connectivity index (χ0v) is 18.8. The Morgan fingerprint density at radius 2 is 1.62 bits per heavy atom. The minimum Gasteiger partial charge on any atom is -0.347 e. The number of nitrogens with zero attached hydrogens (tertiary/aromatic N) is 2. The molecular weight excluding hydrogens is 446 g/mol. The lowest BCUT2D eigenvalue weighted by molar-refractivity contribution is 0.0945. The van der Waals surface area contributed by atoms with E-state index in [4.69, 9.17) is 11.6 Å². The third kappa shape index (κ3) is 4.90. The predicted octanol–water partition coefficient (Wildman–Crippen LogP) is 4.53. The summed E-state index contributed by atoms with van der Waals surface area (Å²) in [6.45, 7) is 0.381. The molecule has 0 aliphatic heterocycles. The molecule has 0 saturated heterocycles. The molecule has 0 unspecified atom stereocenters. The van der Waals surface area contributed by atoms with E-state index in [2.05, 4.69) is 10.4 Å². The quantitative estimate of drug-likeness (QED) is 0.453. The standard InChI is InChI=1S/C24H20ClN3O3S/c1-32(30,31)21-13-11-20(12-14-21)28-23(18-7-9-19(25)10-8-18)15-22(27-28)24(29)26-16-17-5-3-2-4-6-17/h2-15H,16H2,1H3,(H,26,29). The number of carbonyl (C=O) groups excluding carboxylic acids is 1. The normalized spacial score (nSPS) is 11.3. The van der Waals surface area contributed by atoms with Crippen LogP contribution >= 0.6 is 11.6 Å². The van der Waals surface area contributed by atoms with Crippen LogP contribution in [0.15, 0.2) is 89.8 Å². The van der Waals surface area contributed by atoms with Crippen molar-refractivity contribution in [1.29, 1.82) is 0 Å². The molecule has 8 heteroatoms. The van der Waals surface area contributed by atoms with E-state index >= 15 is 0 Å². The van der Waals surface area contributed by atoms with Gasteiger partial charge < -0.3 is 5.32 Å². The summed E-state index contributed by atoms with van der Waals surface area (Å²) in [7, 11) is -3.32. The van der Waals surface area contributed by atoms with Gasteiger partial charge >= 0.3 is 0 Å². The van der Waals surface area contributed by atoms with Crippen molar-refractivity contribution < 1.29 is 13.2 Å². The lowest BCUT2D eigenvalue weighted by Crippen LogP contribution is -2.23. The number of amides is 1. The van der Waals surface area contributed by atoms with Crippen LogP contribution in [0.25, 0.3) is 16.9 Å². The number of carbonyl (C=O) groups is 1. The number of rotatable bonds is 6. The van der Waals surface area contributed by atoms with Crippen molar-refractivity contribution in [2.24, 2.45) is 0 Å². The van der Waals surface area contributed by atoms with E-state index in [1.807, 2.05) is 42.5 Å². The predicted molar refractivity (Wildman–Crippen MR) is 125 cm³/mol. The summed E-state index contributed by atoms with van der Waals surface area (Å²) in [5.74, 6) is -0.310. The average molecular weight is 466 g/mol. The van der Waals surface area contributed by atoms with Crippen molar-refractivity contribution in [3.8, 4) is 16.9 Å². The van der Waals surface area contributed by atoms with E-state index in [0.717, 1.165) is 17.4 Å². The molecule has 32 heavy (non-hydrogen) atoms. The zero-order valence-electron chi connectivity index (χ0n) is 17.2. The van der Waals surface area contributed by atoms with Gasteiger partial charge in [0.05, 0.1) is 16.3 Å². The van der Waals surface area contributed by atoms with E-state index in [9.17, 15) is 13.2 Å². The van der Waals surface area contributed by atoms with Gasteiger partial charge in [-0.15, -0.1) is 0 Å². The molecule has 0 atom stereocenters. The molecule has 0 aliphatic rings. The summed E-state index contributed by atoms with van der Waals surface area (Å²) in [6.07, 6.45) is 1.16. The van der Waals surface area contributed by atoms with Gasteiger partial charge in [-0.25, -0.2) is 13.1 Å². The maximum Gasteiger partial charge on any atom is 0.272 e. The Labute approximate surface area is 191 Å². The zero-order chi connectivity index (χ0) is 22.7. The molecule has 162 valence electrons. The monoisotopic (exact) mass is 465 g/mol. The van der Waals surface area contributed by atoms with Gasteiger partial charge in [0.2, 0.25) is 0 Å². The van der Waals surface area contributed by atoms with Crippen LogP contribution < -0.4 is 5.32 Å². The Kier molecular flexibility index (Phi) is 6.12. The van der Waals surface area contributed by atoms with Crippen LogP contribution in [-0.2, 0) is 16.4 Å². The smallest absolute Gasteiger partial charge is 0.272 e. The van der Waals surface area contributed by atoms with E-state index in [1.165, 1.54) is 12.1 Å². The molecule has 1 N–H and O–H groups in total. The minimum absolute atomic E-state index is 0.210. The Balaban J connectivity index is 1.70. The van der Waals surface area contributed by atoms with Crippen molar-refractivity contribution in [3.05, 3.63) is 101 Å². The summed E-state index contributed by atoms with van der Waals surface area (Å²) in [6, 6.07) is 24.9. The number of halogens is 1. The lowest BCUT2D eigenvalue weighted by atomic mass is 10.1.